The zero-order valence-corrected chi connectivity index (χ0v) is 12.7. The number of likely N-dealkylation sites (tertiary alicyclic amines) is 1. The lowest BCUT2D eigenvalue weighted by Gasteiger charge is -2.34. The highest BCUT2D eigenvalue weighted by molar-refractivity contribution is 5.73. The molecule has 0 N–H and O–H groups in total. The van der Waals surface area contributed by atoms with Crippen LogP contribution in [0.2, 0.25) is 0 Å². The van der Waals surface area contributed by atoms with E-state index in [-0.39, 0.29) is 18.0 Å². The first-order valence-corrected chi connectivity index (χ1v) is 7.55. The Bertz CT molecular complexity index is 426. The van der Waals surface area contributed by atoms with Crippen LogP contribution in [0.5, 0.6) is 0 Å². The molecule has 0 aliphatic carbocycles. The van der Waals surface area contributed by atoms with Crippen LogP contribution in [0.4, 0.5) is 0 Å². The molecule has 1 aromatic carbocycles. The van der Waals surface area contributed by atoms with Gasteiger partial charge >= 0.3 is 5.97 Å². The van der Waals surface area contributed by atoms with Crippen molar-refractivity contribution in [2.24, 2.45) is 11.8 Å². The summed E-state index contributed by atoms with van der Waals surface area (Å²) in [6.07, 6.45) is 1.07. The molecule has 1 aliphatic rings. The Hall–Kier alpha value is -1.35. The summed E-state index contributed by atoms with van der Waals surface area (Å²) in [6.45, 7) is 9.19. The van der Waals surface area contributed by atoms with E-state index in [1.54, 1.807) is 0 Å². The summed E-state index contributed by atoms with van der Waals surface area (Å²) >= 11 is 0. The first kappa shape index (κ1) is 15.0. The maximum Gasteiger partial charge on any atom is 0.311 e. The number of ether oxygens (including phenoxy) is 1. The Balaban J connectivity index is 1.93. The van der Waals surface area contributed by atoms with Gasteiger partial charge in [-0.05, 0) is 37.9 Å². The predicted octanol–water partition coefficient (Wildman–Crippen LogP) is 3.27. The van der Waals surface area contributed by atoms with Crippen LogP contribution in [0.1, 0.15) is 38.9 Å². The summed E-state index contributed by atoms with van der Waals surface area (Å²) in [5, 5.41) is 0. The van der Waals surface area contributed by atoms with Crippen molar-refractivity contribution in [2.75, 3.05) is 19.6 Å². The van der Waals surface area contributed by atoms with Crippen LogP contribution >= 0.6 is 0 Å². The van der Waals surface area contributed by atoms with E-state index in [9.17, 15) is 4.79 Å². The molecule has 0 bridgehead atoms. The Morgan fingerprint density at radius 2 is 1.85 bits per heavy atom. The van der Waals surface area contributed by atoms with Crippen molar-refractivity contribution in [1.29, 1.82) is 0 Å². The molecule has 1 aromatic rings. The van der Waals surface area contributed by atoms with Gasteiger partial charge in [0.2, 0.25) is 0 Å². The number of esters is 1. The molecule has 110 valence electrons. The second kappa shape index (κ2) is 6.89. The zero-order valence-electron chi connectivity index (χ0n) is 12.7. The van der Waals surface area contributed by atoms with Gasteiger partial charge in [0.25, 0.3) is 0 Å². The number of carbonyl (C=O) groups excluding carboxylic acids is 1. The summed E-state index contributed by atoms with van der Waals surface area (Å²) in [4.78, 5) is 14.7. The van der Waals surface area contributed by atoms with Crippen molar-refractivity contribution < 1.29 is 9.53 Å². The molecule has 2 rings (SSSR count). The average Bonchev–Trinajstić information content (AvgIpc) is 2.37. The molecule has 3 nitrogen and oxygen atoms in total. The minimum atomic E-state index is -0.179. The molecule has 0 amide bonds. The molecule has 0 spiro atoms. The summed E-state index contributed by atoms with van der Waals surface area (Å²) < 4.78 is 5.66. The fourth-order valence-corrected chi connectivity index (χ4v) is 2.45. The molecule has 1 heterocycles. The van der Waals surface area contributed by atoms with Gasteiger partial charge in [0, 0.05) is 6.54 Å². The molecule has 3 heteroatoms. The molecular formula is C17H25NO2. The van der Waals surface area contributed by atoms with E-state index < -0.39 is 0 Å². The SMILES string of the molecule is CC(C)[C@@H](CN1CCC1)C(=O)O[C@@H](C)c1ccccc1. The van der Waals surface area contributed by atoms with Crippen LogP contribution in [0.25, 0.3) is 0 Å². The van der Waals surface area contributed by atoms with Gasteiger partial charge in [0.05, 0.1) is 5.92 Å². The van der Waals surface area contributed by atoms with Gasteiger partial charge in [0.1, 0.15) is 6.10 Å². The normalized spacial score (nSPS) is 18.4. The first-order valence-electron chi connectivity index (χ1n) is 7.55. The smallest absolute Gasteiger partial charge is 0.311 e. The fourth-order valence-electron chi connectivity index (χ4n) is 2.45. The van der Waals surface area contributed by atoms with Crippen LogP contribution in [0.15, 0.2) is 30.3 Å². The number of nitrogens with zero attached hydrogens (tertiary/aromatic N) is 1. The van der Waals surface area contributed by atoms with Crippen LogP contribution < -0.4 is 0 Å². The van der Waals surface area contributed by atoms with Crippen molar-refractivity contribution in [3.63, 3.8) is 0 Å². The molecule has 0 aromatic heterocycles. The van der Waals surface area contributed by atoms with Gasteiger partial charge in [-0.25, -0.2) is 0 Å². The molecule has 20 heavy (non-hydrogen) atoms. The molecule has 1 saturated heterocycles. The van der Waals surface area contributed by atoms with E-state index in [1.807, 2.05) is 37.3 Å². The Morgan fingerprint density at radius 3 is 2.35 bits per heavy atom. The lowest BCUT2D eigenvalue weighted by Crippen LogP contribution is -2.44. The van der Waals surface area contributed by atoms with E-state index in [4.69, 9.17) is 4.74 Å². The average molecular weight is 275 g/mol. The summed E-state index contributed by atoms with van der Waals surface area (Å²) in [7, 11) is 0. The first-order chi connectivity index (χ1) is 9.58. The van der Waals surface area contributed by atoms with Gasteiger partial charge < -0.3 is 9.64 Å². The Labute approximate surface area is 121 Å². The predicted molar refractivity (Wildman–Crippen MR) is 80.3 cm³/mol. The quantitative estimate of drug-likeness (QED) is 0.746. The number of benzene rings is 1. The molecule has 1 aliphatic heterocycles. The topological polar surface area (TPSA) is 29.5 Å². The molecule has 0 unspecified atom stereocenters. The standard InChI is InChI=1S/C17H25NO2/c1-13(2)16(12-18-10-7-11-18)17(19)20-14(3)15-8-5-4-6-9-15/h4-6,8-9,13-14,16H,7,10-12H2,1-3H3/t14-,16+/m0/s1. The Kier molecular flexibility index (Phi) is 5.18. The molecular weight excluding hydrogens is 250 g/mol. The van der Waals surface area contributed by atoms with Crippen LogP contribution in [-0.2, 0) is 9.53 Å². The third kappa shape index (κ3) is 3.83. The molecule has 0 saturated carbocycles. The van der Waals surface area contributed by atoms with Crippen molar-refractivity contribution in [2.45, 2.75) is 33.3 Å². The fraction of sp³-hybridized carbons (Fsp3) is 0.588. The molecule has 1 fully saturated rings. The maximum absolute atomic E-state index is 12.4. The van der Waals surface area contributed by atoms with Crippen LogP contribution in [0.3, 0.4) is 0 Å². The number of hydrogen-bond donors (Lipinski definition) is 0. The molecule has 2 atom stereocenters. The maximum atomic E-state index is 12.4. The van der Waals surface area contributed by atoms with E-state index >= 15 is 0 Å². The zero-order chi connectivity index (χ0) is 14.5. The third-order valence-electron chi connectivity index (χ3n) is 4.07. The minimum absolute atomic E-state index is 0.0264. The van der Waals surface area contributed by atoms with E-state index in [0.29, 0.717) is 5.92 Å². The summed E-state index contributed by atoms with van der Waals surface area (Å²) in [5.74, 6) is 0.218. The lowest BCUT2D eigenvalue weighted by atomic mass is 9.94. The number of hydrogen-bond acceptors (Lipinski definition) is 3. The van der Waals surface area contributed by atoms with Crippen molar-refractivity contribution in [1.82, 2.24) is 4.90 Å². The minimum Gasteiger partial charge on any atom is -0.458 e. The van der Waals surface area contributed by atoms with Gasteiger partial charge in [0.15, 0.2) is 0 Å². The van der Waals surface area contributed by atoms with Gasteiger partial charge in [-0.3, -0.25) is 4.79 Å². The second-order valence-electron chi connectivity index (χ2n) is 5.99. The van der Waals surface area contributed by atoms with Gasteiger partial charge in [-0.2, -0.15) is 0 Å². The van der Waals surface area contributed by atoms with Gasteiger partial charge in [-0.1, -0.05) is 44.2 Å². The third-order valence-corrected chi connectivity index (χ3v) is 4.07. The highest BCUT2D eigenvalue weighted by atomic mass is 16.5. The summed E-state index contributed by atoms with van der Waals surface area (Å²) in [5.41, 5.74) is 1.05. The molecule has 0 radical (unpaired) electrons. The largest absolute Gasteiger partial charge is 0.458 e. The number of rotatable bonds is 6. The monoisotopic (exact) mass is 275 g/mol. The van der Waals surface area contributed by atoms with Crippen LogP contribution in [-0.4, -0.2) is 30.5 Å². The van der Waals surface area contributed by atoms with Crippen molar-refractivity contribution in [3.8, 4) is 0 Å². The van der Waals surface area contributed by atoms with Gasteiger partial charge in [-0.15, -0.1) is 0 Å². The van der Waals surface area contributed by atoms with E-state index in [2.05, 4.69) is 18.7 Å². The van der Waals surface area contributed by atoms with Crippen molar-refractivity contribution in [3.05, 3.63) is 35.9 Å². The highest BCUT2D eigenvalue weighted by Crippen LogP contribution is 2.23. The summed E-state index contributed by atoms with van der Waals surface area (Å²) in [6, 6.07) is 9.91. The highest BCUT2D eigenvalue weighted by Gasteiger charge is 2.29. The second-order valence-corrected chi connectivity index (χ2v) is 5.99. The Morgan fingerprint density at radius 1 is 1.20 bits per heavy atom. The lowest BCUT2D eigenvalue weighted by molar-refractivity contribution is -0.156. The van der Waals surface area contributed by atoms with E-state index in [1.165, 1.54) is 6.42 Å². The van der Waals surface area contributed by atoms with Crippen molar-refractivity contribution >= 4 is 5.97 Å². The number of carbonyl (C=O) groups is 1. The van der Waals surface area contributed by atoms with E-state index in [0.717, 1.165) is 25.2 Å². The van der Waals surface area contributed by atoms with Crippen LogP contribution in [0, 0.1) is 11.8 Å².